The van der Waals surface area contributed by atoms with Crippen molar-refractivity contribution in [2.24, 2.45) is 5.92 Å². The number of halogens is 1. The monoisotopic (exact) mass is 584 g/mol. The van der Waals surface area contributed by atoms with Gasteiger partial charge >= 0.3 is 11.1 Å². The van der Waals surface area contributed by atoms with Crippen molar-refractivity contribution in [2.45, 2.75) is 52.5 Å². The zero-order valence-corrected chi connectivity index (χ0v) is 24.7. The topological polar surface area (TPSA) is 102 Å². The number of likely N-dealkylation sites (tertiary alicyclic amines) is 1. The Morgan fingerprint density at radius 2 is 1.98 bits per heavy atom. The number of hydrogen-bond donors (Lipinski definition) is 1. The van der Waals surface area contributed by atoms with Gasteiger partial charge in [-0.05, 0) is 73.1 Å². The molecule has 42 heavy (non-hydrogen) atoms. The average molecular weight is 585 g/mol. The maximum absolute atomic E-state index is 14.0. The second-order valence-electron chi connectivity index (χ2n) is 11.5. The molecule has 6 rings (SSSR count). The summed E-state index contributed by atoms with van der Waals surface area (Å²) in [5.41, 5.74) is 4.91. The lowest BCUT2D eigenvalue weighted by Crippen LogP contribution is -2.52. The molecule has 0 unspecified atom stereocenters. The summed E-state index contributed by atoms with van der Waals surface area (Å²) in [4.78, 5) is 50.9. The molecule has 9 nitrogen and oxygen atoms in total. The first-order chi connectivity index (χ1) is 20.2. The molecule has 2 aliphatic rings. The standard InChI is InChI=1S/C32H33ClN6O3/c1-5-26(40)37-15-20(16-37)17-38-25-14-23(33)29(35-24-11-7-9-21-8-6-10-22(21)24)36-30(25)39(32(42)31(38)41)28-19(4)12-13-34-27(28)18(2)3/h5,7,9,11-14,18,20H,1,6,8,10,15-17H2,2-4H3,(H,35,36). The molecule has 1 aliphatic carbocycles. The third kappa shape index (κ3) is 4.71. The highest BCUT2D eigenvalue weighted by molar-refractivity contribution is 6.33. The van der Waals surface area contributed by atoms with Gasteiger partial charge in [0, 0.05) is 37.4 Å². The van der Waals surface area contributed by atoms with Crippen LogP contribution in [0, 0.1) is 12.8 Å². The Morgan fingerprint density at radius 1 is 1.19 bits per heavy atom. The third-order valence-corrected chi connectivity index (χ3v) is 8.57. The molecule has 3 aromatic heterocycles. The van der Waals surface area contributed by atoms with E-state index in [1.54, 1.807) is 17.2 Å². The van der Waals surface area contributed by atoms with Gasteiger partial charge in [-0.25, -0.2) is 4.98 Å². The summed E-state index contributed by atoms with van der Waals surface area (Å²) < 4.78 is 2.86. The fourth-order valence-corrected chi connectivity index (χ4v) is 6.32. The number of hydrogen-bond acceptors (Lipinski definition) is 6. The fraction of sp³-hybridized carbons (Fsp3) is 0.344. The Balaban J connectivity index is 1.56. The second kappa shape index (κ2) is 10.9. The number of carbonyl (C=O) groups excluding carboxylic acids is 1. The summed E-state index contributed by atoms with van der Waals surface area (Å²) in [6.45, 7) is 10.6. The van der Waals surface area contributed by atoms with E-state index in [4.69, 9.17) is 16.6 Å². The van der Waals surface area contributed by atoms with E-state index >= 15 is 0 Å². The SMILES string of the molecule is C=CC(=O)N1CC(Cn2c(=O)c(=O)n(-c3c(C)ccnc3C(C)C)c3nc(Nc4cccc5c4CCC5)c(Cl)cc32)C1. The van der Waals surface area contributed by atoms with E-state index in [9.17, 15) is 14.4 Å². The van der Waals surface area contributed by atoms with Gasteiger partial charge in [-0.1, -0.05) is 44.2 Å². The highest BCUT2D eigenvalue weighted by Crippen LogP contribution is 2.34. The molecule has 0 atom stereocenters. The van der Waals surface area contributed by atoms with Crippen molar-refractivity contribution in [3.05, 3.63) is 97.3 Å². The van der Waals surface area contributed by atoms with E-state index in [-0.39, 0.29) is 24.3 Å². The molecule has 0 bridgehead atoms. The Hall–Kier alpha value is -4.24. The molecule has 216 valence electrons. The third-order valence-electron chi connectivity index (χ3n) is 8.28. The molecule has 4 heterocycles. The molecule has 0 saturated carbocycles. The van der Waals surface area contributed by atoms with Crippen LogP contribution in [0.25, 0.3) is 16.9 Å². The normalized spacial score (nSPS) is 14.7. The van der Waals surface area contributed by atoms with Crippen molar-refractivity contribution in [1.82, 2.24) is 24.0 Å². The first-order valence-corrected chi connectivity index (χ1v) is 14.7. The number of fused-ring (bicyclic) bond motifs is 2. The molecule has 1 amide bonds. The summed E-state index contributed by atoms with van der Waals surface area (Å²) in [7, 11) is 0. The van der Waals surface area contributed by atoms with Gasteiger partial charge in [-0.15, -0.1) is 0 Å². The fourth-order valence-electron chi connectivity index (χ4n) is 6.13. The van der Waals surface area contributed by atoms with Crippen LogP contribution in [0.3, 0.4) is 0 Å². The van der Waals surface area contributed by atoms with Crippen LogP contribution in [0.5, 0.6) is 0 Å². The molecule has 4 aromatic rings. The van der Waals surface area contributed by atoms with E-state index in [1.807, 2.05) is 39.0 Å². The summed E-state index contributed by atoms with van der Waals surface area (Å²) in [6, 6.07) is 9.70. The lowest BCUT2D eigenvalue weighted by molar-refractivity contribution is -0.132. The predicted octanol–water partition coefficient (Wildman–Crippen LogP) is 4.90. The van der Waals surface area contributed by atoms with Crippen LogP contribution in [0.15, 0.2) is 58.8 Å². The van der Waals surface area contributed by atoms with Crippen molar-refractivity contribution in [1.29, 1.82) is 0 Å². The van der Waals surface area contributed by atoms with E-state index < -0.39 is 11.1 Å². The van der Waals surface area contributed by atoms with Crippen LogP contribution in [-0.2, 0) is 24.2 Å². The first kappa shape index (κ1) is 27.9. The molecule has 0 radical (unpaired) electrons. The second-order valence-corrected chi connectivity index (χ2v) is 11.9. The summed E-state index contributed by atoms with van der Waals surface area (Å²) in [6.07, 6.45) is 6.08. The van der Waals surface area contributed by atoms with Gasteiger partial charge in [0.2, 0.25) is 5.91 Å². The molecule has 0 spiro atoms. The van der Waals surface area contributed by atoms with Crippen molar-refractivity contribution >= 4 is 40.2 Å². The van der Waals surface area contributed by atoms with Gasteiger partial charge in [0.1, 0.15) is 0 Å². The number of nitrogens with zero attached hydrogens (tertiary/aromatic N) is 5. The number of benzene rings is 1. The van der Waals surface area contributed by atoms with Gasteiger partial charge in [-0.2, -0.15) is 0 Å². The number of aryl methyl sites for hydroxylation is 2. The van der Waals surface area contributed by atoms with Gasteiger partial charge in [0.15, 0.2) is 11.5 Å². The average Bonchev–Trinajstić information content (AvgIpc) is 3.43. The minimum absolute atomic E-state index is 0.000105. The van der Waals surface area contributed by atoms with Crippen LogP contribution in [-0.4, -0.2) is 43.0 Å². The zero-order valence-electron chi connectivity index (χ0n) is 24.0. The summed E-state index contributed by atoms with van der Waals surface area (Å²) in [5, 5.41) is 3.76. The first-order valence-electron chi connectivity index (χ1n) is 14.3. The molecular weight excluding hydrogens is 552 g/mol. The molecule has 1 aromatic carbocycles. The minimum atomic E-state index is -0.708. The van der Waals surface area contributed by atoms with E-state index in [0.29, 0.717) is 46.5 Å². The van der Waals surface area contributed by atoms with Crippen molar-refractivity contribution < 1.29 is 4.79 Å². The molecule has 1 fully saturated rings. The zero-order chi connectivity index (χ0) is 29.7. The number of anilines is 2. The highest BCUT2D eigenvalue weighted by Gasteiger charge is 2.31. The Kier molecular flexibility index (Phi) is 7.22. The molecule has 1 aliphatic heterocycles. The van der Waals surface area contributed by atoms with Crippen molar-refractivity contribution in [3.8, 4) is 5.69 Å². The van der Waals surface area contributed by atoms with Crippen molar-refractivity contribution in [3.63, 3.8) is 0 Å². The molecule has 1 N–H and O–H groups in total. The Morgan fingerprint density at radius 3 is 2.71 bits per heavy atom. The van der Waals surface area contributed by atoms with Gasteiger partial charge < -0.3 is 14.8 Å². The molecular formula is C32H33ClN6O3. The van der Waals surface area contributed by atoms with Crippen molar-refractivity contribution in [2.75, 3.05) is 18.4 Å². The van der Waals surface area contributed by atoms with Crippen LogP contribution >= 0.6 is 11.6 Å². The minimum Gasteiger partial charge on any atom is -0.339 e. The van der Waals surface area contributed by atoms with Crippen LogP contribution in [0.2, 0.25) is 5.02 Å². The largest absolute Gasteiger partial charge is 0.339 e. The van der Waals surface area contributed by atoms with E-state index in [1.165, 1.54) is 26.3 Å². The molecule has 10 heteroatoms. The van der Waals surface area contributed by atoms with E-state index in [2.05, 4.69) is 22.9 Å². The lowest BCUT2D eigenvalue weighted by atomic mass is 9.99. The molecule has 1 saturated heterocycles. The van der Waals surface area contributed by atoms with Crippen LogP contribution in [0.4, 0.5) is 11.5 Å². The maximum Gasteiger partial charge on any atom is 0.322 e. The quantitative estimate of drug-likeness (QED) is 0.245. The van der Waals surface area contributed by atoms with E-state index in [0.717, 1.165) is 30.5 Å². The summed E-state index contributed by atoms with van der Waals surface area (Å²) >= 11 is 6.84. The smallest absolute Gasteiger partial charge is 0.322 e. The van der Waals surface area contributed by atoms with Crippen LogP contribution < -0.4 is 16.4 Å². The number of amides is 1. The van der Waals surface area contributed by atoms with Crippen LogP contribution in [0.1, 0.15) is 48.6 Å². The Labute approximate surface area is 248 Å². The number of nitrogens with one attached hydrogen (secondary N) is 1. The Bertz CT molecular complexity index is 1870. The number of carbonyl (C=O) groups is 1. The summed E-state index contributed by atoms with van der Waals surface area (Å²) in [5.74, 6) is 0.242. The van der Waals surface area contributed by atoms with Gasteiger partial charge in [0.05, 0.1) is 21.9 Å². The predicted molar refractivity (Wildman–Crippen MR) is 165 cm³/mol. The number of aromatic nitrogens is 4. The highest BCUT2D eigenvalue weighted by atomic mass is 35.5. The number of rotatable bonds is 7. The maximum atomic E-state index is 14.0. The lowest BCUT2D eigenvalue weighted by Gasteiger charge is -2.39. The number of pyridine rings is 2. The van der Waals surface area contributed by atoms with Gasteiger partial charge in [-0.3, -0.25) is 23.9 Å². The van der Waals surface area contributed by atoms with Gasteiger partial charge in [0.25, 0.3) is 0 Å².